The van der Waals surface area contributed by atoms with E-state index in [4.69, 9.17) is 5.73 Å². The molecule has 0 unspecified atom stereocenters. The van der Waals surface area contributed by atoms with Crippen LogP contribution < -0.4 is 57.1 Å². The summed E-state index contributed by atoms with van der Waals surface area (Å²) in [5.41, 5.74) is 4.76. The van der Waals surface area contributed by atoms with E-state index in [0.29, 0.717) is 6.42 Å². The molecule has 1 amide bonds. The van der Waals surface area contributed by atoms with Crippen molar-refractivity contribution >= 4 is 16.0 Å². The van der Waals surface area contributed by atoms with Crippen LogP contribution in [0.3, 0.4) is 0 Å². The normalized spacial score (nSPS) is 9.15. The van der Waals surface area contributed by atoms with Crippen LogP contribution in [0.1, 0.15) is 26.7 Å². The van der Waals surface area contributed by atoms with E-state index in [-0.39, 0.29) is 63.0 Å². The summed E-state index contributed by atoms with van der Waals surface area (Å²) in [6, 6.07) is 0. The van der Waals surface area contributed by atoms with Gasteiger partial charge in [0.25, 0.3) is 0 Å². The molecule has 0 aliphatic carbocycles. The standard InChI is InChI=1S/C4H9NO.C2H6O3S.K/c1-2-3-4(5)6;1-2-6(3,4)5;/h2-3H2,1H3,(H2,5,6);2H2,1H3,(H,3,4,5);/q;;+1/p-1. The number of amides is 1. The van der Waals surface area contributed by atoms with Gasteiger partial charge in [-0.05, 0) is 6.42 Å². The number of rotatable bonds is 3. The molecule has 0 rings (SSSR count). The summed E-state index contributed by atoms with van der Waals surface area (Å²) in [6.45, 7) is 3.23. The molecule has 0 aromatic rings. The van der Waals surface area contributed by atoms with Crippen molar-refractivity contribution < 1.29 is 69.1 Å². The molecule has 0 saturated carbocycles. The Bertz CT molecular complexity index is 215. The van der Waals surface area contributed by atoms with Crippen LogP contribution in [0.15, 0.2) is 0 Å². The fourth-order valence-corrected chi connectivity index (χ4v) is 0.246. The van der Waals surface area contributed by atoms with Crippen molar-refractivity contribution in [2.45, 2.75) is 26.7 Å². The van der Waals surface area contributed by atoms with Gasteiger partial charge in [-0.3, -0.25) is 4.79 Å². The Hall–Kier alpha value is 1.02. The van der Waals surface area contributed by atoms with E-state index in [1.807, 2.05) is 6.92 Å². The van der Waals surface area contributed by atoms with Crippen molar-refractivity contribution in [1.82, 2.24) is 0 Å². The van der Waals surface area contributed by atoms with E-state index in [2.05, 4.69) is 0 Å². The van der Waals surface area contributed by atoms with Gasteiger partial charge < -0.3 is 10.3 Å². The smallest absolute Gasteiger partial charge is 0.748 e. The van der Waals surface area contributed by atoms with E-state index in [9.17, 15) is 17.8 Å². The van der Waals surface area contributed by atoms with Crippen LogP contribution >= 0.6 is 0 Å². The van der Waals surface area contributed by atoms with E-state index in [0.717, 1.165) is 6.42 Å². The molecule has 7 heteroatoms. The van der Waals surface area contributed by atoms with E-state index >= 15 is 0 Å². The Morgan fingerprint density at radius 3 is 1.69 bits per heavy atom. The van der Waals surface area contributed by atoms with Crippen molar-refractivity contribution in [2.24, 2.45) is 5.73 Å². The molecule has 0 aromatic carbocycles. The molecule has 0 spiro atoms. The fourth-order valence-electron chi connectivity index (χ4n) is 0.246. The van der Waals surface area contributed by atoms with Gasteiger partial charge in [0.05, 0.1) is 10.1 Å². The third kappa shape index (κ3) is 32.1. The average Bonchev–Trinajstić information content (AvgIpc) is 1.87. The second-order valence-corrected chi connectivity index (χ2v) is 3.76. The first-order valence-electron chi connectivity index (χ1n) is 3.55. The summed E-state index contributed by atoms with van der Waals surface area (Å²) in [5.74, 6) is -0.523. The summed E-state index contributed by atoms with van der Waals surface area (Å²) in [7, 11) is -3.91. The Morgan fingerprint density at radius 2 is 1.69 bits per heavy atom. The van der Waals surface area contributed by atoms with Crippen molar-refractivity contribution in [3.05, 3.63) is 0 Å². The maximum atomic E-state index is 9.82. The summed E-state index contributed by atoms with van der Waals surface area (Å²) >= 11 is 0. The van der Waals surface area contributed by atoms with Crippen molar-refractivity contribution in [3.63, 3.8) is 0 Å². The van der Waals surface area contributed by atoms with Gasteiger partial charge in [0.15, 0.2) is 0 Å². The van der Waals surface area contributed by atoms with Crippen LogP contribution in [0.2, 0.25) is 0 Å². The first-order valence-corrected chi connectivity index (χ1v) is 5.13. The minimum atomic E-state index is -3.91. The molecule has 0 aliphatic rings. The van der Waals surface area contributed by atoms with E-state index in [1.165, 1.54) is 6.92 Å². The van der Waals surface area contributed by atoms with Crippen LogP contribution in [0.5, 0.6) is 0 Å². The van der Waals surface area contributed by atoms with Gasteiger partial charge in [-0.1, -0.05) is 13.8 Å². The molecule has 13 heavy (non-hydrogen) atoms. The largest absolute Gasteiger partial charge is 1.00 e. The molecular formula is C6H14KNO4S. The summed E-state index contributed by atoms with van der Waals surface area (Å²) < 4.78 is 28.3. The van der Waals surface area contributed by atoms with Gasteiger partial charge in [0.1, 0.15) is 0 Å². The molecule has 0 radical (unpaired) electrons. The summed E-state index contributed by atoms with van der Waals surface area (Å²) in [6.07, 6.45) is 1.37. The Kier molecular flexibility index (Phi) is 16.7. The number of hydrogen-bond donors (Lipinski definition) is 1. The number of carbonyl (C=O) groups excluding carboxylic acids is 1. The maximum absolute atomic E-state index is 9.82. The number of carbonyl (C=O) groups is 1. The summed E-state index contributed by atoms with van der Waals surface area (Å²) in [5, 5.41) is 0. The zero-order valence-corrected chi connectivity index (χ0v) is 12.2. The SMILES string of the molecule is CCCC(N)=O.CCS(=O)(=O)[O-].[K+]. The molecular weight excluding hydrogens is 221 g/mol. The van der Waals surface area contributed by atoms with Gasteiger partial charge >= 0.3 is 51.4 Å². The molecule has 0 bridgehead atoms. The van der Waals surface area contributed by atoms with Crippen molar-refractivity contribution in [2.75, 3.05) is 5.75 Å². The minimum Gasteiger partial charge on any atom is -0.748 e. The van der Waals surface area contributed by atoms with Crippen LogP contribution in [0.25, 0.3) is 0 Å². The van der Waals surface area contributed by atoms with E-state index in [1.54, 1.807) is 0 Å². The first-order chi connectivity index (χ1) is 5.33. The predicted molar refractivity (Wildman–Crippen MR) is 44.3 cm³/mol. The molecule has 0 saturated heterocycles. The van der Waals surface area contributed by atoms with Crippen molar-refractivity contribution in [3.8, 4) is 0 Å². The quantitative estimate of drug-likeness (QED) is 0.412. The third-order valence-electron chi connectivity index (χ3n) is 0.850. The first kappa shape index (κ1) is 19.6. The molecule has 0 atom stereocenters. The van der Waals surface area contributed by atoms with Gasteiger partial charge in [-0.15, -0.1) is 0 Å². The average molecular weight is 235 g/mol. The number of nitrogens with two attached hydrogens (primary N) is 1. The summed E-state index contributed by atoms with van der Waals surface area (Å²) in [4.78, 5) is 9.82. The molecule has 0 aliphatic heterocycles. The zero-order valence-electron chi connectivity index (χ0n) is 8.24. The molecule has 0 aromatic heterocycles. The van der Waals surface area contributed by atoms with Gasteiger partial charge in [-0.25, -0.2) is 8.42 Å². The molecule has 0 heterocycles. The zero-order chi connectivity index (χ0) is 10.2. The molecule has 0 fully saturated rings. The molecule has 2 N–H and O–H groups in total. The van der Waals surface area contributed by atoms with E-state index < -0.39 is 10.1 Å². The van der Waals surface area contributed by atoms with Gasteiger partial charge in [0, 0.05) is 12.2 Å². The Balaban J connectivity index is -0.000000143. The Morgan fingerprint density at radius 1 is 1.38 bits per heavy atom. The third-order valence-corrected chi connectivity index (χ3v) is 1.56. The van der Waals surface area contributed by atoms with Crippen LogP contribution in [0, 0.1) is 0 Å². The topological polar surface area (TPSA) is 100 Å². The molecule has 5 nitrogen and oxygen atoms in total. The predicted octanol–water partition coefficient (Wildman–Crippen LogP) is -3.17. The molecule has 74 valence electrons. The van der Waals surface area contributed by atoms with Crippen LogP contribution in [-0.2, 0) is 14.9 Å². The Labute approximate surface area is 122 Å². The second kappa shape index (κ2) is 11.1. The van der Waals surface area contributed by atoms with Crippen LogP contribution in [0.4, 0.5) is 0 Å². The number of primary amides is 1. The van der Waals surface area contributed by atoms with Gasteiger partial charge in [-0.2, -0.15) is 0 Å². The second-order valence-electron chi connectivity index (χ2n) is 2.06. The monoisotopic (exact) mass is 235 g/mol. The van der Waals surface area contributed by atoms with Gasteiger partial charge in [0.2, 0.25) is 5.91 Å². The van der Waals surface area contributed by atoms with Crippen molar-refractivity contribution in [1.29, 1.82) is 0 Å². The number of hydrogen-bond acceptors (Lipinski definition) is 4. The fraction of sp³-hybridized carbons (Fsp3) is 0.833. The minimum absolute atomic E-state index is 0. The maximum Gasteiger partial charge on any atom is 1.00 e. The van der Waals surface area contributed by atoms with Crippen LogP contribution in [-0.4, -0.2) is 24.6 Å².